The minimum atomic E-state index is 0.660. The van der Waals surface area contributed by atoms with Crippen molar-refractivity contribution < 1.29 is 0 Å². The van der Waals surface area contributed by atoms with E-state index >= 15 is 0 Å². The Morgan fingerprint density at radius 2 is 2.18 bits per heavy atom. The summed E-state index contributed by atoms with van der Waals surface area (Å²) in [7, 11) is 1.89. The summed E-state index contributed by atoms with van der Waals surface area (Å²) >= 11 is 4.29. The number of nitrogens with zero attached hydrogens (tertiary/aromatic N) is 1. The van der Waals surface area contributed by atoms with Gasteiger partial charge in [-0.15, -0.1) is 0 Å². The molecule has 0 saturated carbocycles. The molecule has 0 aliphatic rings. The highest BCUT2D eigenvalue weighted by Crippen LogP contribution is 2.21. The fourth-order valence-corrected chi connectivity index (χ4v) is 2.61. The number of halogens is 1. The predicted molar refractivity (Wildman–Crippen MR) is 66.7 cm³/mol. The van der Waals surface area contributed by atoms with Crippen LogP contribution in [0.4, 0.5) is 0 Å². The van der Waals surface area contributed by atoms with E-state index in [0.717, 1.165) is 6.54 Å². The molecule has 0 aromatic rings. The average molecular weight is 305 g/mol. The van der Waals surface area contributed by atoms with Crippen molar-refractivity contribution in [1.82, 2.24) is 4.90 Å². The van der Waals surface area contributed by atoms with Crippen LogP contribution in [0.15, 0.2) is 0 Å². The molecule has 0 amide bonds. The third-order valence-corrected chi connectivity index (χ3v) is 4.99. The van der Waals surface area contributed by atoms with E-state index in [1.807, 2.05) is 20.7 Å². The predicted octanol–water partition coefficient (Wildman–Crippen LogP) is 3.10. The maximum Gasteiger partial charge on any atom is 0.0629 e. The van der Waals surface area contributed by atoms with E-state index in [1.165, 1.54) is 12.3 Å². The van der Waals surface area contributed by atoms with Crippen molar-refractivity contribution >= 4 is 41.9 Å². The molecule has 68 valence electrons. The number of thioether (sulfide) groups is 1. The monoisotopic (exact) mass is 305 g/mol. The second kappa shape index (κ2) is 8.01. The molecule has 4 heteroatoms. The summed E-state index contributed by atoms with van der Waals surface area (Å²) in [6.07, 6.45) is 2.16. The van der Waals surface area contributed by atoms with Gasteiger partial charge in [0, 0.05) is 12.3 Å². The van der Waals surface area contributed by atoms with Crippen LogP contribution in [0.1, 0.15) is 13.8 Å². The molecule has 0 saturated heterocycles. The quantitative estimate of drug-likeness (QED) is 0.548. The van der Waals surface area contributed by atoms with Crippen molar-refractivity contribution in [1.29, 1.82) is 0 Å². The molecule has 0 radical (unpaired) electrons. The first kappa shape index (κ1) is 12.4. The Bertz CT molecular complexity index is 92.5. The molecule has 0 aliphatic heterocycles. The maximum atomic E-state index is 2.49. The lowest BCUT2D eigenvalue weighted by Gasteiger charge is -2.24. The Balaban J connectivity index is 3.56. The largest absolute Gasteiger partial charge is 0.290 e. The molecule has 0 heterocycles. The highest BCUT2D eigenvalue weighted by molar-refractivity contribution is 14.2. The van der Waals surface area contributed by atoms with E-state index in [0.29, 0.717) is 5.37 Å². The van der Waals surface area contributed by atoms with Gasteiger partial charge in [-0.25, -0.2) is 0 Å². The summed E-state index contributed by atoms with van der Waals surface area (Å²) in [5, 5.41) is 0.660. The Hall–Kier alpha value is 1.39. The van der Waals surface area contributed by atoms with Crippen LogP contribution in [0.5, 0.6) is 0 Å². The zero-order valence-corrected chi connectivity index (χ0v) is 11.1. The first-order valence-corrected chi connectivity index (χ1v) is 8.58. The highest BCUT2D eigenvalue weighted by Gasteiger charge is 2.09. The average Bonchev–Trinajstić information content (AvgIpc) is 2.05. The van der Waals surface area contributed by atoms with Crippen LogP contribution in [-0.4, -0.2) is 35.4 Å². The van der Waals surface area contributed by atoms with Crippen LogP contribution < -0.4 is 0 Å². The highest BCUT2D eigenvalue weighted by atomic mass is 127. The van der Waals surface area contributed by atoms with E-state index in [-0.39, 0.29) is 0 Å². The lowest BCUT2D eigenvalue weighted by Crippen LogP contribution is -2.31. The molecule has 0 bridgehead atoms. The fourth-order valence-electron chi connectivity index (χ4n) is 0.862. The summed E-state index contributed by atoms with van der Waals surface area (Å²) in [6, 6.07) is 0. The zero-order chi connectivity index (χ0) is 8.69. The lowest BCUT2D eigenvalue weighted by molar-refractivity contribution is 0.301. The van der Waals surface area contributed by atoms with Gasteiger partial charge >= 0.3 is 0 Å². The Morgan fingerprint density at radius 3 is 2.55 bits per heavy atom. The summed E-state index contributed by atoms with van der Waals surface area (Å²) in [6.45, 7) is 6.87. The summed E-state index contributed by atoms with van der Waals surface area (Å²) in [4.78, 5) is 2.49. The van der Waals surface area contributed by atoms with Crippen molar-refractivity contribution in [3.63, 3.8) is 0 Å². The fraction of sp³-hybridized carbons (Fsp3) is 1.00. The lowest BCUT2D eigenvalue weighted by atomic mass is 10.5. The van der Waals surface area contributed by atoms with Gasteiger partial charge in [0.25, 0.3) is 0 Å². The molecule has 0 rings (SSSR count). The second-order valence-electron chi connectivity index (χ2n) is 2.31. The second-order valence-corrected chi connectivity index (χ2v) is 5.68. The molecular weight excluding hydrogens is 289 g/mol. The Kier molecular flexibility index (Phi) is 9.02. The van der Waals surface area contributed by atoms with E-state index in [4.69, 9.17) is 0 Å². The van der Waals surface area contributed by atoms with Gasteiger partial charge in [0.05, 0.1) is 5.37 Å². The molecule has 0 fully saturated rings. The zero-order valence-electron chi connectivity index (χ0n) is 7.34. The minimum absolute atomic E-state index is 0.660. The molecule has 1 nitrogen and oxygen atoms in total. The van der Waals surface area contributed by atoms with Gasteiger partial charge in [-0.3, -0.25) is 4.90 Å². The van der Waals surface area contributed by atoms with Crippen LogP contribution in [0.2, 0.25) is 0 Å². The van der Waals surface area contributed by atoms with E-state index in [9.17, 15) is 0 Å². The van der Waals surface area contributed by atoms with E-state index in [1.54, 1.807) is 0 Å². The van der Waals surface area contributed by atoms with Crippen LogP contribution in [-0.2, 0) is 0 Å². The van der Waals surface area contributed by atoms with Crippen molar-refractivity contribution in [3.8, 4) is 0 Å². The summed E-state index contributed by atoms with van der Waals surface area (Å²) in [5.74, 6) is 1.25. The molecule has 1 unspecified atom stereocenters. The van der Waals surface area contributed by atoms with Crippen LogP contribution >= 0.6 is 41.9 Å². The van der Waals surface area contributed by atoms with E-state index < -0.39 is 0 Å². The SMILES string of the molecule is CCN(CCSC)C(C)SI. The van der Waals surface area contributed by atoms with Crippen LogP contribution in [0.25, 0.3) is 0 Å². The third kappa shape index (κ3) is 5.60. The number of hydrogen-bond donors (Lipinski definition) is 0. The van der Waals surface area contributed by atoms with Crippen LogP contribution in [0, 0.1) is 0 Å². The topological polar surface area (TPSA) is 3.24 Å². The van der Waals surface area contributed by atoms with Crippen molar-refractivity contribution in [2.45, 2.75) is 19.2 Å². The van der Waals surface area contributed by atoms with Gasteiger partial charge in [0.15, 0.2) is 0 Å². The van der Waals surface area contributed by atoms with Gasteiger partial charge < -0.3 is 0 Å². The van der Waals surface area contributed by atoms with Crippen molar-refractivity contribution in [3.05, 3.63) is 0 Å². The van der Waals surface area contributed by atoms with Gasteiger partial charge in [0.1, 0.15) is 0 Å². The first-order chi connectivity index (χ1) is 5.26. The smallest absolute Gasteiger partial charge is 0.0629 e. The van der Waals surface area contributed by atoms with Crippen LogP contribution in [0.3, 0.4) is 0 Å². The number of hydrogen-bond acceptors (Lipinski definition) is 3. The summed E-state index contributed by atoms with van der Waals surface area (Å²) in [5.41, 5.74) is 0. The molecule has 11 heavy (non-hydrogen) atoms. The van der Waals surface area contributed by atoms with Crippen molar-refractivity contribution in [2.75, 3.05) is 25.1 Å². The minimum Gasteiger partial charge on any atom is -0.290 e. The molecule has 1 atom stereocenters. The standard InChI is InChI=1S/C7H16INS2/c1-4-9(5-6-10-3)7(2)11-8/h7H,4-6H2,1-3H3. The molecule has 0 aliphatic carbocycles. The Labute approximate surface area is 90.6 Å². The van der Waals surface area contributed by atoms with Gasteiger partial charge in [-0.1, -0.05) is 15.9 Å². The molecular formula is C7H16INS2. The third-order valence-electron chi connectivity index (χ3n) is 1.63. The first-order valence-electron chi connectivity index (χ1n) is 3.76. The van der Waals surface area contributed by atoms with Gasteiger partial charge in [-0.05, 0) is 40.9 Å². The normalized spacial score (nSPS) is 13.9. The number of rotatable bonds is 6. The molecule has 0 aromatic carbocycles. The maximum absolute atomic E-state index is 2.49. The molecule has 0 N–H and O–H groups in total. The molecule has 0 spiro atoms. The van der Waals surface area contributed by atoms with Gasteiger partial charge in [0.2, 0.25) is 0 Å². The Morgan fingerprint density at radius 1 is 1.55 bits per heavy atom. The van der Waals surface area contributed by atoms with Crippen molar-refractivity contribution in [2.24, 2.45) is 0 Å². The molecule has 0 aromatic heterocycles. The summed E-state index contributed by atoms with van der Waals surface area (Å²) < 4.78 is 0. The van der Waals surface area contributed by atoms with E-state index in [2.05, 4.69) is 46.2 Å². The van der Waals surface area contributed by atoms with Gasteiger partial charge in [-0.2, -0.15) is 11.8 Å².